The van der Waals surface area contributed by atoms with Crippen LogP contribution in [0.3, 0.4) is 0 Å². The lowest BCUT2D eigenvalue weighted by Crippen LogP contribution is -2.44. The van der Waals surface area contributed by atoms with E-state index in [9.17, 15) is 19.5 Å². The lowest BCUT2D eigenvalue weighted by Gasteiger charge is -2.22. The number of carbonyl (C=O) groups excluding carboxylic acids is 1. The standard InChI is InChI=1S/C23H28N4O5/c1-15(2)11-27-21(24)20(22(30)25(3)23(27)31)19(29)14-26(13-17-8-6-10-32-17)12-16-7-4-5-9-18(16)28/h4-10,15,28H,11-14,24H2,1-3H3. The molecule has 0 amide bonds. The van der Waals surface area contributed by atoms with Gasteiger partial charge in [-0.3, -0.25) is 23.6 Å². The van der Waals surface area contributed by atoms with Crippen LogP contribution in [-0.2, 0) is 26.7 Å². The summed E-state index contributed by atoms with van der Waals surface area (Å²) in [5.74, 6) is 0.177. The zero-order valence-corrected chi connectivity index (χ0v) is 18.4. The Bertz CT molecular complexity index is 1210. The average Bonchev–Trinajstić information content (AvgIpc) is 3.24. The fraction of sp³-hybridized carbons (Fsp3) is 0.348. The van der Waals surface area contributed by atoms with E-state index in [2.05, 4.69) is 0 Å². The highest BCUT2D eigenvalue weighted by Gasteiger charge is 2.24. The fourth-order valence-corrected chi connectivity index (χ4v) is 3.55. The molecule has 3 N–H and O–H groups in total. The maximum absolute atomic E-state index is 13.3. The van der Waals surface area contributed by atoms with Crippen molar-refractivity contribution < 1.29 is 14.3 Å². The third-order valence-corrected chi connectivity index (χ3v) is 5.12. The molecule has 2 heterocycles. The molecule has 2 aromatic heterocycles. The van der Waals surface area contributed by atoms with E-state index in [1.54, 1.807) is 41.3 Å². The molecule has 9 nitrogen and oxygen atoms in total. The van der Waals surface area contributed by atoms with Crippen LogP contribution in [0.25, 0.3) is 0 Å². The summed E-state index contributed by atoms with van der Waals surface area (Å²) in [5, 5.41) is 10.2. The molecule has 0 saturated carbocycles. The summed E-state index contributed by atoms with van der Waals surface area (Å²) in [5.41, 5.74) is 5.27. The lowest BCUT2D eigenvalue weighted by atomic mass is 10.1. The number of hydrogen-bond donors (Lipinski definition) is 2. The van der Waals surface area contributed by atoms with Gasteiger partial charge in [0.25, 0.3) is 5.56 Å². The van der Waals surface area contributed by atoms with Gasteiger partial charge in [0.1, 0.15) is 22.9 Å². The molecule has 0 spiro atoms. The number of ketones is 1. The van der Waals surface area contributed by atoms with Crippen molar-refractivity contribution in [3.8, 4) is 5.75 Å². The molecule has 0 fully saturated rings. The summed E-state index contributed by atoms with van der Waals surface area (Å²) in [7, 11) is 1.33. The first-order valence-electron chi connectivity index (χ1n) is 10.3. The largest absolute Gasteiger partial charge is 0.508 e. The molecular weight excluding hydrogens is 412 g/mol. The lowest BCUT2D eigenvalue weighted by molar-refractivity contribution is 0.0911. The minimum Gasteiger partial charge on any atom is -0.508 e. The van der Waals surface area contributed by atoms with Crippen LogP contribution in [0.1, 0.15) is 35.5 Å². The zero-order chi connectivity index (χ0) is 23.4. The molecular formula is C23H28N4O5. The van der Waals surface area contributed by atoms with Gasteiger partial charge in [-0.1, -0.05) is 32.0 Å². The van der Waals surface area contributed by atoms with Gasteiger partial charge in [0, 0.05) is 25.7 Å². The molecule has 0 aliphatic rings. The van der Waals surface area contributed by atoms with Crippen molar-refractivity contribution >= 4 is 11.6 Å². The summed E-state index contributed by atoms with van der Waals surface area (Å²) < 4.78 is 7.58. The van der Waals surface area contributed by atoms with E-state index < -0.39 is 17.0 Å². The molecule has 0 unspecified atom stereocenters. The van der Waals surface area contributed by atoms with Gasteiger partial charge in [-0.05, 0) is 24.1 Å². The van der Waals surface area contributed by atoms with Crippen LogP contribution >= 0.6 is 0 Å². The molecule has 0 aliphatic carbocycles. The van der Waals surface area contributed by atoms with Gasteiger partial charge in [0.05, 0.1) is 19.4 Å². The number of Topliss-reactive ketones (excluding diaryl/α,β-unsaturated/α-hetero) is 1. The minimum absolute atomic E-state index is 0.0898. The van der Waals surface area contributed by atoms with Crippen LogP contribution < -0.4 is 17.0 Å². The maximum Gasteiger partial charge on any atom is 0.332 e. The highest BCUT2D eigenvalue weighted by molar-refractivity contribution is 6.01. The number of para-hydroxylation sites is 1. The molecule has 32 heavy (non-hydrogen) atoms. The molecule has 0 radical (unpaired) electrons. The predicted octanol–water partition coefficient (Wildman–Crippen LogP) is 1.97. The van der Waals surface area contributed by atoms with E-state index in [1.807, 2.05) is 13.8 Å². The predicted molar refractivity (Wildman–Crippen MR) is 120 cm³/mol. The molecule has 1 aromatic carbocycles. The average molecular weight is 441 g/mol. The Morgan fingerprint density at radius 2 is 1.88 bits per heavy atom. The number of benzene rings is 1. The van der Waals surface area contributed by atoms with Gasteiger partial charge in [0.2, 0.25) is 0 Å². The van der Waals surface area contributed by atoms with E-state index >= 15 is 0 Å². The van der Waals surface area contributed by atoms with Crippen molar-refractivity contribution in [1.82, 2.24) is 14.0 Å². The molecule has 0 aliphatic heterocycles. The normalized spacial score (nSPS) is 11.4. The number of hydrogen-bond acceptors (Lipinski definition) is 7. The van der Waals surface area contributed by atoms with Crippen LogP contribution in [0.2, 0.25) is 0 Å². The van der Waals surface area contributed by atoms with Crippen LogP contribution in [0.5, 0.6) is 5.75 Å². The van der Waals surface area contributed by atoms with E-state index in [1.165, 1.54) is 17.9 Å². The zero-order valence-electron chi connectivity index (χ0n) is 18.4. The topological polar surface area (TPSA) is 124 Å². The molecule has 9 heteroatoms. The minimum atomic E-state index is -0.724. The summed E-state index contributed by atoms with van der Waals surface area (Å²) in [6, 6.07) is 10.3. The number of rotatable bonds is 9. The second-order valence-corrected chi connectivity index (χ2v) is 8.19. The second kappa shape index (κ2) is 9.69. The van der Waals surface area contributed by atoms with Crippen molar-refractivity contribution in [2.24, 2.45) is 13.0 Å². The SMILES string of the molecule is CC(C)Cn1c(N)c(C(=O)CN(Cc2ccco2)Cc2ccccc2O)c(=O)n(C)c1=O. The number of anilines is 1. The van der Waals surface area contributed by atoms with Crippen molar-refractivity contribution in [3.63, 3.8) is 0 Å². The van der Waals surface area contributed by atoms with E-state index in [0.717, 1.165) is 4.57 Å². The number of phenolic OH excluding ortho intramolecular Hbond substituents is 1. The van der Waals surface area contributed by atoms with Crippen molar-refractivity contribution in [1.29, 1.82) is 0 Å². The third kappa shape index (κ3) is 5.00. The third-order valence-electron chi connectivity index (χ3n) is 5.12. The van der Waals surface area contributed by atoms with Crippen molar-refractivity contribution in [2.45, 2.75) is 33.5 Å². The number of nitrogens with zero attached hydrogens (tertiary/aromatic N) is 3. The van der Waals surface area contributed by atoms with Gasteiger partial charge in [-0.2, -0.15) is 0 Å². The number of carbonyl (C=O) groups is 1. The van der Waals surface area contributed by atoms with Crippen LogP contribution in [-0.4, -0.2) is 31.5 Å². The number of nitrogen functional groups attached to an aromatic ring is 1. The summed E-state index contributed by atoms with van der Waals surface area (Å²) in [6.07, 6.45) is 1.53. The van der Waals surface area contributed by atoms with Gasteiger partial charge >= 0.3 is 5.69 Å². The molecule has 170 valence electrons. The van der Waals surface area contributed by atoms with Crippen molar-refractivity contribution in [2.75, 3.05) is 12.3 Å². The Kier molecular flexibility index (Phi) is 6.99. The van der Waals surface area contributed by atoms with Crippen LogP contribution in [0.4, 0.5) is 5.82 Å². The summed E-state index contributed by atoms with van der Waals surface area (Å²) in [6.45, 7) is 4.47. The Labute approximate surface area is 185 Å². The van der Waals surface area contributed by atoms with E-state index in [0.29, 0.717) is 11.3 Å². The van der Waals surface area contributed by atoms with Crippen molar-refractivity contribution in [3.05, 3.63) is 80.4 Å². The Morgan fingerprint density at radius 1 is 1.16 bits per heavy atom. The van der Waals surface area contributed by atoms with Crippen LogP contribution in [0, 0.1) is 5.92 Å². The monoisotopic (exact) mass is 440 g/mol. The molecule has 3 rings (SSSR count). The van der Waals surface area contributed by atoms with E-state index in [-0.39, 0.29) is 49.2 Å². The maximum atomic E-state index is 13.3. The Balaban J connectivity index is 1.97. The van der Waals surface area contributed by atoms with Crippen LogP contribution in [0.15, 0.2) is 56.7 Å². The smallest absolute Gasteiger partial charge is 0.332 e. The fourth-order valence-electron chi connectivity index (χ4n) is 3.55. The Morgan fingerprint density at radius 3 is 2.50 bits per heavy atom. The highest BCUT2D eigenvalue weighted by Crippen LogP contribution is 2.20. The quantitative estimate of drug-likeness (QED) is 0.488. The highest BCUT2D eigenvalue weighted by atomic mass is 16.3. The number of aromatic hydroxyl groups is 1. The van der Waals surface area contributed by atoms with Gasteiger partial charge in [0.15, 0.2) is 5.78 Å². The second-order valence-electron chi connectivity index (χ2n) is 8.19. The molecule has 3 aromatic rings. The van der Waals surface area contributed by atoms with Gasteiger partial charge in [-0.15, -0.1) is 0 Å². The summed E-state index contributed by atoms with van der Waals surface area (Å²) >= 11 is 0. The van der Waals surface area contributed by atoms with Gasteiger partial charge in [-0.25, -0.2) is 4.79 Å². The Hall–Kier alpha value is -3.59. The van der Waals surface area contributed by atoms with Gasteiger partial charge < -0.3 is 15.3 Å². The number of phenols is 1. The molecule has 0 saturated heterocycles. The number of aromatic nitrogens is 2. The molecule has 0 atom stereocenters. The first-order chi connectivity index (χ1) is 15.2. The molecule has 0 bridgehead atoms. The van der Waals surface area contributed by atoms with E-state index in [4.69, 9.17) is 10.2 Å². The summed E-state index contributed by atoms with van der Waals surface area (Å²) in [4.78, 5) is 40.3. The first-order valence-corrected chi connectivity index (χ1v) is 10.3. The first kappa shape index (κ1) is 23.1. The number of nitrogens with two attached hydrogens (primary N) is 1. The number of furan rings is 1.